The molecule has 0 saturated carbocycles. The molecule has 0 unspecified atom stereocenters. The highest BCUT2D eigenvalue weighted by molar-refractivity contribution is 5.86. The molecule has 0 spiro atoms. The van der Waals surface area contributed by atoms with Gasteiger partial charge in [-0.05, 0) is 25.7 Å². The van der Waals surface area contributed by atoms with Gasteiger partial charge < -0.3 is 5.11 Å². The molecule has 2 heteroatoms. The number of carbonyl (C=O) groups is 1. The quantitative estimate of drug-likeness (QED) is 0.340. The van der Waals surface area contributed by atoms with Crippen molar-refractivity contribution in [2.45, 2.75) is 65.2 Å². The molecule has 0 rings (SSSR count). The molecule has 0 heterocycles. The first-order chi connectivity index (χ1) is 8.22. The van der Waals surface area contributed by atoms with Crippen LogP contribution in [0, 0.1) is 0 Å². The van der Waals surface area contributed by atoms with Gasteiger partial charge in [0.25, 0.3) is 0 Å². The summed E-state index contributed by atoms with van der Waals surface area (Å²) in [5, 5.41) is 9.01. The molecule has 0 bridgehead atoms. The van der Waals surface area contributed by atoms with Crippen molar-refractivity contribution in [2.24, 2.45) is 0 Å². The van der Waals surface area contributed by atoms with Crippen molar-refractivity contribution in [3.05, 3.63) is 23.8 Å². The summed E-state index contributed by atoms with van der Waals surface area (Å²) in [7, 11) is 0. The molecule has 98 valence electrons. The van der Waals surface area contributed by atoms with Gasteiger partial charge in [0.2, 0.25) is 0 Å². The Balaban J connectivity index is 3.98. The summed E-state index contributed by atoms with van der Waals surface area (Å²) in [6.07, 6.45) is 14.3. The van der Waals surface area contributed by atoms with Crippen LogP contribution in [0.3, 0.4) is 0 Å². The van der Waals surface area contributed by atoms with Gasteiger partial charge in [0.05, 0.1) is 0 Å². The van der Waals surface area contributed by atoms with Gasteiger partial charge in [0.15, 0.2) is 0 Å². The highest BCUT2D eigenvalue weighted by Gasteiger charge is 2.04. The molecule has 0 atom stereocenters. The predicted molar refractivity (Wildman–Crippen MR) is 73.1 cm³/mol. The lowest BCUT2D eigenvalue weighted by atomic mass is 10.1. The monoisotopic (exact) mass is 238 g/mol. The number of hydrogen-bond acceptors (Lipinski definition) is 1. The number of unbranched alkanes of at least 4 members (excludes halogenated alkanes) is 5. The Labute approximate surface area is 105 Å². The normalized spacial score (nSPS) is 12.2. The Morgan fingerprint density at radius 2 is 1.71 bits per heavy atom. The molecule has 0 aliphatic carbocycles. The van der Waals surface area contributed by atoms with Crippen LogP contribution in [-0.4, -0.2) is 11.1 Å². The van der Waals surface area contributed by atoms with Crippen LogP contribution in [0.1, 0.15) is 65.2 Å². The number of allylic oxidation sites excluding steroid dienone is 3. The second-order valence-corrected chi connectivity index (χ2v) is 4.38. The van der Waals surface area contributed by atoms with Gasteiger partial charge in [0, 0.05) is 5.57 Å². The number of rotatable bonds is 10. The second-order valence-electron chi connectivity index (χ2n) is 4.38. The lowest BCUT2D eigenvalue weighted by molar-refractivity contribution is -0.132. The molecule has 0 saturated heterocycles. The lowest BCUT2D eigenvalue weighted by Crippen LogP contribution is -2.00. The van der Waals surface area contributed by atoms with Gasteiger partial charge in [0.1, 0.15) is 0 Å². The van der Waals surface area contributed by atoms with Crippen molar-refractivity contribution >= 4 is 5.97 Å². The Hall–Kier alpha value is -1.05. The Morgan fingerprint density at radius 3 is 2.29 bits per heavy atom. The van der Waals surface area contributed by atoms with E-state index in [4.69, 9.17) is 5.11 Å². The third-order valence-corrected chi connectivity index (χ3v) is 2.73. The van der Waals surface area contributed by atoms with E-state index < -0.39 is 5.97 Å². The zero-order valence-electron chi connectivity index (χ0n) is 11.2. The van der Waals surface area contributed by atoms with Crippen LogP contribution in [0.4, 0.5) is 0 Å². The minimum Gasteiger partial charge on any atom is -0.478 e. The summed E-state index contributed by atoms with van der Waals surface area (Å²) >= 11 is 0. The van der Waals surface area contributed by atoms with Gasteiger partial charge in [-0.3, -0.25) is 0 Å². The molecule has 0 amide bonds. The number of carboxylic acid groups (broad SMARTS) is 1. The summed E-state index contributed by atoms with van der Waals surface area (Å²) in [6.45, 7) is 4.30. The number of hydrogen-bond donors (Lipinski definition) is 1. The van der Waals surface area contributed by atoms with Crippen LogP contribution >= 0.6 is 0 Å². The predicted octanol–water partition coefficient (Wildman–Crippen LogP) is 4.71. The maximum absolute atomic E-state index is 11.0. The van der Waals surface area contributed by atoms with Crippen LogP contribution in [0.5, 0.6) is 0 Å². The Kier molecular flexibility index (Phi) is 10.7. The fourth-order valence-corrected chi connectivity index (χ4v) is 1.62. The minimum atomic E-state index is -0.778. The third-order valence-electron chi connectivity index (χ3n) is 2.73. The zero-order chi connectivity index (χ0) is 12.9. The highest BCUT2D eigenvalue weighted by atomic mass is 16.4. The second kappa shape index (κ2) is 11.4. The molecule has 0 aliphatic rings. The van der Waals surface area contributed by atoms with Crippen LogP contribution in [0.25, 0.3) is 0 Å². The number of carboxylic acids is 1. The molecule has 0 aromatic carbocycles. The van der Waals surface area contributed by atoms with Crippen LogP contribution in [0.2, 0.25) is 0 Å². The first-order valence-electron chi connectivity index (χ1n) is 6.81. The maximum atomic E-state index is 11.0. The molecular weight excluding hydrogens is 212 g/mol. The SMILES string of the molecule is CCCCCC=CC=C(CCCCC)C(=O)O. The smallest absolute Gasteiger partial charge is 0.331 e. The van der Waals surface area contributed by atoms with Crippen molar-refractivity contribution in [1.82, 2.24) is 0 Å². The lowest BCUT2D eigenvalue weighted by Gasteiger charge is -2.00. The molecule has 0 aromatic heterocycles. The largest absolute Gasteiger partial charge is 0.478 e. The Bertz CT molecular complexity index is 252. The van der Waals surface area contributed by atoms with E-state index in [2.05, 4.69) is 19.9 Å². The molecule has 0 fully saturated rings. The molecule has 0 aromatic rings. The van der Waals surface area contributed by atoms with E-state index in [0.717, 1.165) is 25.7 Å². The zero-order valence-corrected chi connectivity index (χ0v) is 11.2. The molecule has 0 aliphatic heterocycles. The van der Waals surface area contributed by atoms with Gasteiger partial charge in [-0.15, -0.1) is 0 Å². The summed E-state index contributed by atoms with van der Waals surface area (Å²) in [6, 6.07) is 0. The first-order valence-corrected chi connectivity index (χ1v) is 6.81. The Morgan fingerprint density at radius 1 is 1.06 bits per heavy atom. The van der Waals surface area contributed by atoms with Crippen molar-refractivity contribution in [2.75, 3.05) is 0 Å². The van der Waals surface area contributed by atoms with E-state index in [-0.39, 0.29) is 0 Å². The average Bonchev–Trinajstić information content (AvgIpc) is 2.31. The summed E-state index contributed by atoms with van der Waals surface area (Å²) < 4.78 is 0. The van der Waals surface area contributed by atoms with E-state index in [9.17, 15) is 4.79 Å². The van der Waals surface area contributed by atoms with Gasteiger partial charge >= 0.3 is 5.97 Å². The van der Waals surface area contributed by atoms with Crippen molar-refractivity contribution in [3.63, 3.8) is 0 Å². The molecule has 0 radical (unpaired) electrons. The van der Waals surface area contributed by atoms with E-state index in [0.29, 0.717) is 12.0 Å². The third kappa shape index (κ3) is 9.86. The van der Waals surface area contributed by atoms with Crippen LogP contribution in [0.15, 0.2) is 23.8 Å². The van der Waals surface area contributed by atoms with Crippen molar-refractivity contribution < 1.29 is 9.90 Å². The van der Waals surface area contributed by atoms with Gasteiger partial charge in [-0.1, -0.05) is 57.8 Å². The molecule has 17 heavy (non-hydrogen) atoms. The molecular formula is C15H26O2. The maximum Gasteiger partial charge on any atom is 0.331 e. The first kappa shape index (κ1) is 16.0. The highest BCUT2D eigenvalue weighted by Crippen LogP contribution is 2.09. The molecule has 1 N–H and O–H groups in total. The van der Waals surface area contributed by atoms with Crippen molar-refractivity contribution in [1.29, 1.82) is 0 Å². The summed E-state index contributed by atoms with van der Waals surface area (Å²) in [5.74, 6) is -0.778. The van der Waals surface area contributed by atoms with E-state index in [1.54, 1.807) is 6.08 Å². The summed E-state index contributed by atoms with van der Waals surface area (Å²) in [5.41, 5.74) is 0.533. The fourth-order valence-electron chi connectivity index (χ4n) is 1.62. The van der Waals surface area contributed by atoms with Crippen molar-refractivity contribution in [3.8, 4) is 0 Å². The number of aliphatic carboxylic acids is 1. The standard InChI is InChI=1S/C15H26O2/c1-3-5-7-8-9-11-13-14(15(16)17)12-10-6-4-2/h9,11,13H,3-8,10,12H2,1-2H3,(H,16,17). The van der Waals surface area contributed by atoms with Crippen LogP contribution in [-0.2, 0) is 4.79 Å². The summed E-state index contributed by atoms with van der Waals surface area (Å²) in [4.78, 5) is 11.0. The van der Waals surface area contributed by atoms with E-state index >= 15 is 0 Å². The molecule has 2 nitrogen and oxygen atoms in total. The minimum absolute atomic E-state index is 0.533. The van der Waals surface area contributed by atoms with E-state index in [1.165, 1.54) is 19.3 Å². The van der Waals surface area contributed by atoms with Crippen LogP contribution < -0.4 is 0 Å². The van der Waals surface area contributed by atoms with E-state index in [1.807, 2.05) is 6.08 Å². The fraction of sp³-hybridized carbons (Fsp3) is 0.667. The average molecular weight is 238 g/mol. The topological polar surface area (TPSA) is 37.3 Å². The van der Waals surface area contributed by atoms with Gasteiger partial charge in [-0.25, -0.2) is 4.79 Å². The van der Waals surface area contributed by atoms with Gasteiger partial charge in [-0.2, -0.15) is 0 Å².